The maximum absolute atomic E-state index is 12.0. The first-order valence-electron chi connectivity index (χ1n) is 5.88. The largest absolute Gasteiger partial charge is 0.477 e. The second kappa shape index (κ2) is 6.69. The number of rotatable bonds is 4. The number of aromatic nitrogens is 1. The fraction of sp³-hybridized carbons (Fsp3) is 0.0714. The van der Waals surface area contributed by atoms with Gasteiger partial charge in [-0.3, -0.25) is 4.79 Å². The van der Waals surface area contributed by atoms with Gasteiger partial charge in [0, 0.05) is 27.8 Å². The number of carboxylic acids is 1. The van der Waals surface area contributed by atoms with Crippen LogP contribution < -0.4 is 5.32 Å². The van der Waals surface area contributed by atoms with Crippen LogP contribution in [0, 0.1) is 0 Å². The number of aromatic carboxylic acids is 1. The Morgan fingerprint density at radius 2 is 2.05 bits per heavy atom. The van der Waals surface area contributed by atoms with Crippen molar-refractivity contribution in [2.45, 2.75) is 6.54 Å². The molecule has 0 saturated heterocycles. The van der Waals surface area contributed by atoms with Crippen LogP contribution in [0.15, 0.2) is 41.0 Å². The molecule has 0 aliphatic heterocycles. The standard InChI is InChI=1S/C14H10BrClN2O3/c15-10-3-9(4-11(16)5-10)13(19)18-7-8-1-2-12(14(20)21)17-6-8/h1-6H,7H2,(H,18,19)(H,20,21). The summed E-state index contributed by atoms with van der Waals surface area (Å²) in [6.45, 7) is 0.246. The number of nitrogens with one attached hydrogen (secondary N) is 1. The van der Waals surface area contributed by atoms with Gasteiger partial charge in [-0.25, -0.2) is 9.78 Å². The van der Waals surface area contributed by atoms with Crippen molar-refractivity contribution < 1.29 is 14.7 Å². The fourth-order valence-electron chi connectivity index (χ4n) is 1.62. The number of hydrogen-bond acceptors (Lipinski definition) is 3. The zero-order chi connectivity index (χ0) is 15.4. The van der Waals surface area contributed by atoms with E-state index in [9.17, 15) is 9.59 Å². The van der Waals surface area contributed by atoms with Crippen molar-refractivity contribution in [3.63, 3.8) is 0 Å². The van der Waals surface area contributed by atoms with E-state index < -0.39 is 5.97 Å². The molecule has 7 heteroatoms. The van der Waals surface area contributed by atoms with Crippen LogP contribution in [0.2, 0.25) is 5.02 Å². The zero-order valence-electron chi connectivity index (χ0n) is 10.6. The Morgan fingerprint density at radius 3 is 2.62 bits per heavy atom. The summed E-state index contributed by atoms with van der Waals surface area (Å²) in [5.41, 5.74) is 1.10. The van der Waals surface area contributed by atoms with E-state index >= 15 is 0 Å². The molecule has 1 aromatic carbocycles. The monoisotopic (exact) mass is 368 g/mol. The molecule has 2 N–H and O–H groups in total. The number of nitrogens with zero attached hydrogens (tertiary/aromatic N) is 1. The molecule has 1 aromatic heterocycles. The van der Waals surface area contributed by atoms with Crippen molar-refractivity contribution in [1.82, 2.24) is 10.3 Å². The summed E-state index contributed by atoms with van der Waals surface area (Å²) >= 11 is 9.15. The van der Waals surface area contributed by atoms with Gasteiger partial charge in [-0.1, -0.05) is 33.6 Å². The summed E-state index contributed by atoms with van der Waals surface area (Å²) in [7, 11) is 0. The number of amides is 1. The SMILES string of the molecule is O=C(NCc1ccc(C(=O)O)nc1)c1cc(Cl)cc(Br)c1. The molecule has 0 aliphatic rings. The van der Waals surface area contributed by atoms with Gasteiger partial charge >= 0.3 is 5.97 Å². The third kappa shape index (κ3) is 4.27. The number of hydrogen-bond donors (Lipinski definition) is 2. The second-order valence-corrected chi connectivity index (χ2v) is 5.55. The van der Waals surface area contributed by atoms with E-state index in [0.29, 0.717) is 20.6 Å². The van der Waals surface area contributed by atoms with Crippen molar-refractivity contribution in [3.8, 4) is 0 Å². The first kappa shape index (κ1) is 15.5. The van der Waals surface area contributed by atoms with Crippen LogP contribution in [-0.4, -0.2) is 22.0 Å². The van der Waals surface area contributed by atoms with E-state index in [2.05, 4.69) is 26.2 Å². The fourth-order valence-corrected chi connectivity index (χ4v) is 2.49. The minimum Gasteiger partial charge on any atom is -0.477 e. The van der Waals surface area contributed by atoms with Gasteiger partial charge in [-0.05, 0) is 29.8 Å². The van der Waals surface area contributed by atoms with E-state index in [4.69, 9.17) is 16.7 Å². The molecule has 0 fully saturated rings. The maximum Gasteiger partial charge on any atom is 0.354 e. The number of carboxylic acid groups (broad SMARTS) is 1. The summed E-state index contributed by atoms with van der Waals surface area (Å²) < 4.78 is 0.715. The van der Waals surface area contributed by atoms with Gasteiger partial charge in [0.05, 0.1) is 0 Å². The molecule has 2 rings (SSSR count). The van der Waals surface area contributed by atoms with E-state index in [0.717, 1.165) is 0 Å². The lowest BCUT2D eigenvalue weighted by atomic mass is 10.2. The zero-order valence-corrected chi connectivity index (χ0v) is 13.0. The normalized spacial score (nSPS) is 10.2. The third-order valence-corrected chi connectivity index (χ3v) is 3.30. The minimum absolute atomic E-state index is 0.0381. The topological polar surface area (TPSA) is 79.3 Å². The van der Waals surface area contributed by atoms with Crippen molar-refractivity contribution >= 4 is 39.4 Å². The summed E-state index contributed by atoms with van der Waals surface area (Å²) in [5, 5.41) is 11.9. The molecule has 0 bridgehead atoms. The predicted molar refractivity (Wildman–Crippen MR) is 81.5 cm³/mol. The van der Waals surface area contributed by atoms with Crippen molar-refractivity contribution in [3.05, 3.63) is 62.8 Å². The third-order valence-electron chi connectivity index (χ3n) is 2.62. The molecule has 0 aliphatic carbocycles. The molecular weight excluding hydrogens is 360 g/mol. The van der Waals surface area contributed by atoms with Crippen LogP contribution in [0.3, 0.4) is 0 Å². The second-order valence-electron chi connectivity index (χ2n) is 4.20. The molecule has 2 aromatic rings. The van der Waals surface area contributed by atoms with Crippen LogP contribution in [0.1, 0.15) is 26.4 Å². The average molecular weight is 370 g/mol. The molecular formula is C14H10BrClN2O3. The van der Waals surface area contributed by atoms with E-state index in [-0.39, 0.29) is 18.1 Å². The van der Waals surface area contributed by atoms with Gasteiger partial charge in [-0.15, -0.1) is 0 Å². The summed E-state index contributed by atoms with van der Waals surface area (Å²) in [6, 6.07) is 7.90. The molecule has 1 amide bonds. The predicted octanol–water partition coefficient (Wildman–Crippen LogP) is 3.13. The van der Waals surface area contributed by atoms with Gasteiger partial charge in [0.25, 0.3) is 5.91 Å². The van der Waals surface area contributed by atoms with Gasteiger partial charge < -0.3 is 10.4 Å². The molecule has 0 spiro atoms. The van der Waals surface area contributed by atoms with Crippen molar-refractivity contribution in [2.75, 3.05) is 0 Å². The average Bonchev–Trinajstić information content (AvgIpc) is 2.44. The molecule has 0 atom stereocenters. The molecule has 1 heterocycles. The number of carbonyl (C=O) groups excluding carboxylic acids is 1. The Bertz CT molecular complexity index is 669. The number of carbonyl (C=O) groups is 2. The molecule has 108 valence electrons. The van der Waals surface area contributed by atoms with Crippen LogP contribution in [0.4, 0.5) is 0 Å². The number of benzene rings is 1. The van der Waals surface area contributed by atoms with Crippen LogP contribution in [-0.2, 0) is 6.54 Å². The number of halogens is 2. The van der Waals surface area contributed by atoms with Crippen LogP contribution in [0.5, 0.6) is 0 Å². The molecule has 0 unspecified atom stereocenters. The Hall–Kier alpha value is -1.92. The molecule has 21 heavy (non-hydrogen) atoms. The quantitative estimate of drug-likeness (QED) is 0.868. The van der Waals surface area contributed by atoms with Gasteiger partial charge in [0.2, 0.25) is 0 Å². The van der Waals surface area contributed by atoms with Gasteiger partial charge in [0.1, 0.15) is 5.69 Å². The Labute approximate surface area is 134 Å². The highest BCUT2D eigenvalue weighted by Gasteiger charge is 2.08. The summed E-state index contributed by atoms with van der Waals surface area (Å²) in [4.78, 5) is 26.4. The lowest BCUT2D eigenvalue weighted by Gasteiger charge is -2.06. The Morgan fingerprint density at radius 1 is 1.29 bits per heavy atom. The molecule has 0 radical (unpaired) electrons. The highest BCUT2D eigenvalue weighted by molar-refractivity contribution is 9.10. The van der Waals surface area contributed by atoms with Gasteiger partial charge in [0.15, 0.2) is 0 Å². The lowest BCUT2D eigenvalue weighted by Crippen LogP contribution is -2.23. The molecule has 0 saturated carbocycles. The van der Waals surface area contributed by atoms with Crippen LogP contribution in [0.25, 0.3) is 0 Å². The Balaban J connectivity index is 2.02. The summed E-state index contributed by atoms with van der Waals surface area (Å²) in [6.07, 6.45) is 1.41. The van der Waals surface area contributed by atoms with E-state index in [1.54, 1.807) is 24.3 Å². The van der Waals surface area contributed by atoms with E-state index in [1.165, 1.54) is 12.3 Å². The van der Waals surface area contributed by atoms with Gasteiger partial charge in [-0.2, -0.15) is 0 Å². The van der Waals surface area contributed by atoms with Crippen molar-refractivity contribution in [2.24, 2.45) is 0 Å². The highest BCUT2D eigenvalue weighted by Crippen LogP contribution is 2.19. The Kier molecular flexibility index (Phi) is 4.93. The molecule has 5 nitrogen and oxygen atoms in total. The van der Waals surface area contributed by atoms with E-state index in [1.807, 2.05) is 0 Å². The number of pyridine rings is 1. The lowest BCUT2D eigenvalue weighted by molar-refractivity contribution is 0.0690. The first-order valence-corrected chi connectivity index (χ1v) is 7.05. The highest BCUT2D eigenvalue weighted by atomic mass is 79.9. The van der Waals surface area contributed by atoms with Crippen LogP contribution >= 0.6 is 27.5 Å². The smallest absolute Gasteiger partial charge is 0.354 e. The maximum atomic E-state index is 12.0. The van der Waals surface area contributed by atoms with Crippen molar-refractivity contribution in [1.29, 1.82) is 0 Å². The minimum atomic E-state index is -1.09. The summed E-state index contributed by atoms with van der Waals surface area (Å²) in [5.74, 6) is -1.37. The first-order chi connectivity index (χ1) is 9.95.